The third-order valence-corrected chi connectivity index (χ3v) is 3.44. The number of unbranched alkanes of at least 4 members (excludes halogenated alkanes) is 5. The zero-order valence-electron chi connectivity index (χ0n) is 13.2. The number of rotatable bonds is 9. The maximum Gasteiger partial charge on any atom is 0.188 e. The van der Waals surface area contributed by atoms with Crippen LogP contribution in [-0.4, -0.2) is 12.5 Å². The third kappa shape index (κ3) is 7.07. The molecule has 0 fully saturated rings. The van der Waals surface area contributed by atoms with Crippen molar-refractivity contribution in [2.45, 2.75) is 52.0 Å². The number of nitrogens with one attached hydrogen (secondary N) is 1. The molecule has 0 spiro atoms. The molecule has 1 rings (SSSR count). The Kier molecular flexibility index (Phi) is 8.66. The van der Waals surface area contributed by atoms with Crippen LogP contribution in [0, 0.1) is 17.1 Å². The number of benzene rings is 1. The Labute approximate surface area is 132 Å². The molecule has 0 saturated carbocycles. The molecule has 0 aliphatic rings. The topological polar surface area (TPSA) is 74.2 Å². The Balaban J connectivity index is 2.27. The molecule has 0 bridgehead atoms. The van der Waals surface area contributed by atoms with Gasteiger partial charge < -0.3 is 11.1 Å². The van der Waals surface area contributed by atoms with Crippen LogP contribution in [0.25, 0.3) is 0 Å². The number of hydrogen-bond acceptors (Lipinski definition) is 2. The van der Waals surface area contributed by atoms with Gasteiger partial charge in [0.15, 0.2) is 5.96 Å². The summed E-state index contributed by atoms with van der Waals surface area (Å²) in [5.41, 5.74) is 6.49. The fourth-order valence-corrected chi connectivity index (χ4v) is 2.09. The van der Waals surface area contributed by atoms with E-state index < -0.39 is 5.82 Å². The average Bonchev–Trinajstić information content (AvgIpc) is 2.52. The number of nitrogens with zero attached hydrogens (tertiary/aromatic N) is 2. The number of nitriles is 1. The van der Waals surface area contributed by atoms with E-state index in [1.54, 1.807) is 12.1 Å². The van der Waals surface area contributed by atoms with Gasteiger partial charge in [0.25, 0.3) is 0 Å². The molecule has 0 radical (unpaired) electrons. The first-order chi connectivity index (χ1) is 10.7. The zero-order valence-corrected chi connectivity index (χ0v) is 13.2. The summed E-state index contributed by atoms with van der Waals surface area (Å²) in [6.07, 6.45) is 7.34. The molecule has 0 saturated heterocycles. The van der Waals surface area contributed by atoms with Crippen molar-refractivity contribution in [3.8, 4) is 6.07 Å². The van der Waals surface area contributed by atoms with E-state index in [9.17, 15) is 4.39 Å². The molecule has 1 aromatic carbocycles. The van der Waals surface area contributed by atoms with E-state index in [1.165, 1.54) is 38.2 Å². The number of aliphatic imine (C=N–C) groups is 1. The first-order valence-electron chi connectivity index (χ1n) is 7.89. The van der Waals surface area contributed by atoms with Crippen molar-refractivity contribution in [3.05, 3.63) is 35.1 Å². The van der Waals surface area contributed by atoms with Gasteiger partial charge in [-0.15, -0.1) is 0 Å². The molecule has 0 unspecified atom stereocenters. The van der Waals surface area contributed by atoms with E-state index in [2.05, 4.69) is 17.2 Å². The first kappa shape index (κ1) is 18.0. The van der Waals surface area contributed by atoms with Gasteiger partial charge in [0.1, 0.15) is 5.82 Å². The molecule has 0 amide bonds. The maximum absolute atomic E-state index is 13.7. The lowest BCUT2D eigenvalue weighted by Crippen LogP contribution is -2.32. The Bertz CT molecular complexity index is 520. The molecule has 0 aliphatic carbocycles. The minimum atomic E-state index is -0.425. The van der Waals surface area contributed by atoms with Gasteiger partial charge in [-0.25, -0.2) is 9.38 Å². The summed E-state index contributed by atoms with van der Waals surface area (Å²) < 4.78 is 13.7. The van der Waals surface area contributed by atoms with E-state index in [4.69, 9.17) is 11.0 Å². The SMILES string of the molecule is CCCCCCCCNC(N)=NCc1ccc(C#N)cc1F. The van der Waals surface area contributed by atoms with E-state index in [1.807, 2.05) is 6.07 Å². The second-order valence-corrected chi connectivity index (χ2v) is 5.31. The van der Waals surface area contributed by atoms with E-state index >= 15 is 0 Å². The van der Waals surface area contributed by atoms with Crippen LogP contribution in [0.3, 0.4) is 0 Å². The number of guanidine groups is 1. The van der Waals surface area contributed by atoms with Crippen molar-refractivity contribution < 1.29 is 4.39 Å². The number of hydrogen-bond donors (Lipinski definition) is 2. The number of nitrogens with two attached hydrogens (primary N) is 1. The maximum atomic E-state index is 13.7. The smallest absolute Gasteiger partial charge is 0.188 e. The minimum Gasteiger partial charge on any atom is -0.370 e. The van der Waals surface area contributed by atoms with Crippen LogP contribution in [0.2, 0.25) is 0 Å². The first-order valence-corrected chi connectivity index (χ1v) is 7.89. The van der Waals surface area contributed by atoms with Gasteiger partial charge >= 0.3 is 0 Å². The summed E-state index contributed by atoms with van der Waals surface area (Å²) in [7, 11) is 0. The average molecular weight is 304 g/mol. The summed E-state index contributed by atoms with van der Waals surface area (Å²) in [5, 5.41) is 11.7. The fourth-order valence-electron chi connectivity index (χ4n) is 2.09. The lowest BCUT2D eigenvalue weighted by molar-refractivity contribution is 0.600. The normalized spacial score (nSPS) is 11.2. The second kappa shape index (κ2) is 10.6. The predicted molar refractivity (Wildman–Crippen MR) is 87.8 cm³/mol. The Morgan fingerprint density at radius 1 is 1.27 bits per heavy atom. The van der Waals surface area contributed by atoms with Crippen LogP contribution in [0.4, 0.5) is 4.39 Å². The molecule has 0 aliphatic heterocycles. The summed E-state index contributed by atoms with van der Waals surface area (Å²) in [6, 6.07) is 6.26. The van der Waals surface area contributed by atoms with Crippen LogP contribution in [0.5, 0.6) is 0 Å². The zero-order chi connectivity index (χ0) is 16.2. The molecule has 120 valence electrons. The highest BCUT2D eigenvalue weighted by molar-refractivity contribution is 5.77. The highest BCUT2D eigenvalue weighted by Crippen LogP contribution is 2.10. The van der Waals surface area contributed by atoms with Crippen molar-refractivity contribution in [3.63, 3.8) is 0 Å². The van der Waals surface area contributed by atoms with E-state index in [0.29, 0.717) is 17.1 Å². The fraction of sp³-hybridized carbons (Fsp3) is 0.529. The monoisotopic (exact) mass is 304 g/mol. The molecule has 22 heavy (non-hydrogen) atoms. The lowest BCUT2D eigenvalue weighted by Gasteiger charge is -2.06. The molecular weight excluding hydrogens is 279 g/mol. The summed E-state index contributed by atoms with van der Waals surface area (Å²) in [5.74, 6) is -0.0937. The highest BCUT2D eigenvalue weighted by atomic mass is 19.1. The lowest BCUT2D eigenvalue weighted by atomic mass is 10.1. The van der Waals surface area contributed by atoms with Crippen molar-refractivity contribution in [2.24, 2.45) is 10.7 Å². The van der Waals surface area contributed by atoms with Gasteiger partial charge in [-0.05, 0) is 18.6 Å². The van der Waals surface area contributed by atoms with Crippen LogP contribution in [0.15, 0.2) is 23.2 Å². The molecule has 5 heteroatoms. The second-order valence-electron chi connectivity index (χ2n) is 5.31. The van der Waals surface area contributed by atoms with E-state index in [-0.39, 0.29) is 6.54 Å². The quantitative estimate of drug-likeness (QED) is 0.417. The van der Waals surface area contributed by atoms with Gasteiger partial charge in [0.05, 0.1) is 18.2 Å². The summed E-state index contributed by atoms with van der Waals surface area (Å²) >= 11 is 0. The van der Waals surface area contributed by atoms with Crippen LogP contribution in [0.1, 0.15) is 56.6 Å². The van der Waals surface area contributed by atoms with Gasteiger partial charge in [0.2, 0.25) is 0 Å². The molecule has 1 aromatic rings. The van der Waals surface area contributed by atoms with Gasteiger partial charge in [-0.2, -0.15) is 5.26 Å². The number of halogens is 1. The predicted octanol–water partition coefficient (Wildman–Crippen LogP) is 3.46. The van der Waals surface area contributed by atoms with Gasteiger partial charge in [-0.1, -0.05) is 45.1 Å². The van der Waals surface area contributed by atoms with Gasteiger partial charge in [-0.3, -0.25) is 0 Å². The molecule has 0 heterocycles. The standard InChI is InChI=1S/C17H25FN4/c1-2-3-4-5-6-7-10-21-17(20)22-13-15-9-8-14(12-19)11-16(15)18/h8-9,11H,2-7,10,13H2,1H3,(H3,20,21,22). The highest BCUT2D eigenvalue weighted by Gasteiger charge is 2.03. The minimum absolute atomic E-state index is 0.173. The molecule has 0 atom stereocenters. The summed E-state index contributed by atoms with van der Waals surface area (Å²) in [6.45, 7) is 3.17. The van der Waals surface area contributed by atoms with Crippen LogP contribution < -0.4 is 11.1 Å². The third-order valence-electron chi connectivity index (χ3n) is 3.44. The summed E-state index contributed by atoms with van der Waals surface area (Å²) in [4.78, 5) is 4.12. The molecule has 3 N–H and O–H groups in total. The molecular formula is C17H25FN4. The Morgan fingerprint density at radius 3 is 2.68 bits per heavy atom. The Morgan fingerprint density at radius 2 is 2.00 bits per heavy atom. The van der Waals surface area contributed by atoms with Gasteiger partial charge in [0, 0.05) is 12.1 Å². The van der Waals surface area contributed by atoms with Crippen molar-refractivity contribution in [2.75, 3.05) is 6.54 Å². The molecule has 4 nitrogen and oxygen atoms in total. The van der Waals surface area contributed by atoms with E-state index in [0.717, 1.165) is 13.0 Å². The molecule has 0 aromatic heterocycles. The van der Waals surface area contributed by atoms with Crippen molar-refractivity contribution >= 4 is 5.96 Å². The Hall–Kier alpha value is -2.09. The van der Waals surface area contributed by atoms with Crippen molar-refractivity contribution in [1.82, 2.24) is 5.32 Å². The largest absolute Gasteiger partial charge is 0.370 e. The van der Waals surface area contributed by atoms with Crippen LogP contribution >= 0.6 is 0 Å². The van der Waals surface area contributed by atoms with Crippen LogP contribution in [-0.2, 0) is 6.54 Å². The van der Waals surface area contributed by atoms with Crippen molar-refractivity contribution in [1.29, 1.82) is 5.26 Å².